The molecule has 5 aromatic rings. The molecule has 0 atom stereocenters. The van der Waals surface area contributed by atoms with Gasteiger partial charge in [-0.25, -0.2) is 14.4 Å². The molecule has 3 aromatic heterocycles. The first-order chi connectivity index (χ1) is 15.7. The zero-order valence-corrected chi connectivity index (χ0v) is 17.0. The molecule has 7 heteroatoms. The number of halogens is 1. The normalized spacial score (nSPS) is 18.1. The molecule has 6 rings (SSSR count). The maximum atomic E-state index is 13.6. The third-order valence-electron chi connectivity index (χ3n) is 5.95. The van der Waals surface area contributed by atoms with Gasteiger partial charge in [-0.05, 0) is 43.2 Å². The Hall–Kier alpha value is -3.84. The number of fused-ring (bicyclic) bond motifs is 1. The van der Waals surface area contributed by atoms with Crippen LogP contribution in [0.2, 0.25) is 0 Å². The lowest BCUT2D eigenvalue weighted by molar-refractivity contribution is 0.0435. The highest BCUT2D eigenvalue weighted by Crippen LogP contribution is 2.39. The predicted octanol–water partition coefficient (Wildman–Crippen LogP) is 5.26. The number of aliphatic hydroxyl groups is 1. The molecule has 0 aliphatic heterocycles. The van der Waals surface area contributed by atoms with Crippen molar-refractivity contribution in [3.63, 3.8) is 0 Å². The Labute approximate surface area is 183 Å². The van der Waals surface area contributed by atoms with E-state index in [0.29, 0.717) is 35.7 Å². The SMILES string of the molecule is O[C@H]1C[C@H](n2cc(-c3ncnc4oc(-c5ccccc5)cc34)c(-c3ccc(F)cc3)n2)C1. The predicted molar refractivity (Wildman–Crippen MR) is 118 cm³/mol. The molecule has 1 aliphatic carbocycles. The zero-order chi connectivity index (χ0) is 21.7. The van der Waals surface area contributed by atoms with Crippen LogP contribution in [-0.2, 0) is 0 Å². The summed E-state index contributed by atoms with van der Waals surface area (Å²) in [6.45, 7) is 0. The van der Waals surface area contributed by atoms with Crippen molar-refractivity contribution in [1.29, 1.82) is 0 Å². The molecule has 0 amide bonds. The first-order valence-corrected chi connectivity index (χ1v) is 10.5. The fourth-order valence-corrected chi connectivity index (χ4v) is 4.16. The second-order valence-electron chi connectivity index (χ2n) is 8.08. The Morgan fingerprint density at radius 1 is 0.938 bits per heavy atom. The monoisotopic (exact) mass is 426 g/mol. The highest BCUT2D eigenvalue weighted by Gasteiger charge is 2.31. The molecule has 6 nitrogen and oxygen atoms in total. The van der Waals surface area contributed by atoms with Crippen molar-refractivity contribution in [2.45, 2.75) is 25.0 Å². The van der Waals surface area contributed by atoms with E-state index < -0.39 is 0 Å². The minimum atomic E-state index is -0.302. The van der Waals surface area contributed by atoms with E-state index in [9.17, 15) is 9.50 Å². The van der Waals surface area contributed by atoms with Crippen LogP contribution in [0.15, 0.2) is 77.6 Å². The number of hydrogen-bond donors (Lipinski definition) is 1. The van der Waals surface area contributed by atoms with E-state index in [1.807, 2.05) is 47.3 Å². The molecule has 32 heavy (non-hydrogen) atoms. The third kappa shape index (κ3) is 3.18. The summed E-state index contributed by atoms with van der Waals surface area (Å²) in [5.74, 6) is 0.406. The quantitative estimate of drug-likeness (QED) is 0.424. The minimum Gasteiger partial charge on any atom is -0.438 e. The van der Waals surface area contributed by atoms with Crippen LogP contribution in [0.4, 0.5) is 4.39 Å². The van der Waals surface area contributed by atoms with Crippen molar-refractivity contribution in [3.05, 3.63) is 79.0 Å². The summed E-state index contributed by atoms with van der Waals surface area (Å²) in [6, 6.07) is 18.2. The van der Waals surface area contributed by atoms with E-state index in [0.717, 1.165) is 22.1 Å². The highest BCUT2D eigenvalue weighted by atomic mass is 19.1. The molecule has 1 fully saturated rings. The van der Waals surface area contributed by atoms with E-state index in [2.05, 4.69) is 9.97 Å². The molecule has 3 heterocycles. The van der Waals surface area contributed by atoms with Gasteiger partial charge in [-0.15, -0.1) is 0 Å². The van der Waals surface area contributed by atoms with Gasteiger partial charge in [0.15, 0.2) is 0 Å². The zero-order valence-electron chi connectivity index (χ0n) is 17.0. The smallest absolute Gasteiger partial charge is 0.230 e. The first-order valence-electron chi connectivity index (χ1n) is 10.5. The molecule has 0 unspecified atom stereocenters. The molecule has 1 aliphatic rings. The van der Waals surface area contributed by atoms with E-state index in [1.54, 1.807) is 12.1 Å². The van der Waals surface area contributed by atoms with Crippen LogP contribution in [0, 0.1) is 5.82 Å². The van der Waals surface area contributed by atoms with Gasteiger partial charge in [0.1, 0.15) is 23.6 Å². The molecule has 1 saturated carbocycles. The Balaban J connectivity index is 1.52. The summed E-state index contributed by atoms with van der Waals surface area (Å²) in [5, 5.41) is 15.3. The van der Waals surface area contributed by atoms with Gasteiger partial charge in [-0.1, -0.05) is 30.3 Å². The van der Waals surface area contributed by atoms with Crippen molar-refractivity contribution in [2.75, 3.05) is 0 Å². The lowest BCUT2D eigenvalue weighted by atomic mass is 9.90. The largest absolute Gasteiger partial charge is 0.438 e. The lowest BCUT2D eigenvalue weighted by Gasteiger charge is -2.31. The fraction of sp³-hybridized carbons (Fsp3) is 0.160. The molecule has 1 N–H and O–H groups in total. The van der Waals surface area contributed by atoms with Crippen molar-refractivity contribution in [1.82, 2.24) is 19.7 Å². The van der Waals surface area contributed by atoms with Crippen LogP contribution in [-0.4, -0.2) is 31.0 Å². The summed E-state index contributed by atoms with van der Waals surface area (Å²) in [4.78, 5) is 8.89. The maximum Gasteiger partial charge on any atom is 0.230 e. The van der Waals surface area contributed by atoms with Crippen LogP contribution in [0.5, 0.6) is 0 Å². The molecule has 0 bridgehead atoms. The third-order valence-corrected chi connectivity index (χ3v) is 5.95. The Morgan fingerprint density at radius 3 is 2.47 bits per heavy atom. The second kappa shape index (κ2) is 7.39. The van der Waals surface area contributed by atoms with Crippen LogP contribution in [0.25, 0.3) is 44.9 Å². The number of furan rings is 1. The summed E-state index contributed by atoms with van der Waals surface area (Å²) in [7, 11) is 0. The number of hydrogen-bond acceptors (Lipinski definition) is 5. The molecule has 0 saturated heterocycles. The average Bonchev–Trinajstić information content (AvgIpc) is 3.43. The number of aliphatic hydroxyl groups excluding tert-OH is 1. The standard InChI is InChI=1S/C25H19FN4O2/c26-17-8-6-16(7-9-17)23-21(13-30(29-23)18-10-19(31)11-18)24-20-12-22(15-4-2-1-3-5-15)32-25(20)28-14-27-24/h1-9,12-14,18-19,31H,10-11H2/t18-,19-. The van der Waals surface area contributed by atoms with Gasteiger partial charge in [0, 0.05) is 22.9 Å². The molecule has 0 spiro atoms. The maximum absolute atomic E-state index is 13.6. The molecular formula is C25H19FN4O2. The van der Waals surface area contributed by atoms with Crippen LogP contribution in [0.1, 0.15) is 18.9 Å². The van der Waals surface area contributed by atoms with Gasteiger partial charge in [0.2, 0.25) is 5.71 Å². The minimum absolute atomic E-state index is 0.125. The van der Waals surface area contributed by atoms with Crippen molar-refractivity contribution >= 4 is 11.1 Å². The van der Waals surface area contributed by atoms with Crippen molar-refractivity contribution in [3.8, 4) is 33.8 Å². The van der Waals surface area contributed by atoms with Gasteiger partial charge in [-0.2, -0.15) is 5.10 Å². The number of nitrogens with zero attached hydrogens (tertiary/aromatic N) is 4. The van der Waals surface area contributed by atoms with Crippen molar-refractivity contribution in [2.24, 2.45) is 0 Å². The van der Waals surface area contributed by atoms with Crippen LogP contribution >= 0.6 is 0 Å². The summed E-state index contributed by atoms with van der Waals surface area (Å²) < 4.78 is 21.5. The second-order valence-corrected chi connectivity index (χ2v) is 8.08. The highest BCUT2D eigenvalue weighted by molar-refractivity contribution is 5.95. The first kappa shape index (κ1) is 18.9. The Morgan fingerprint density at radius 2 is 1.72 bits per heavy atom. The molecule has 0 radical (unpaired) electrons. The van der Waals surface area contributed by atoms with E-state index >= 15 is 0 Å². The van der Waals surface area contributed by atoms with Gasteiger partial charge < -0.3 is 9.52 Å². The number of aromatic nitrogens is 4. The average molecular weight is 426 g/mol. The van der Waals surface area contributed by atoms with Crippen LogP contribution in [0.3, 0.4) is 0 Å². The molecule has 2 aromatic carbocycles. The van der Waals surface area contributed by atoms with Crippen molar-refractivity contribution < 1.29 is 13.9 Å². The summed E-state index contributed by atoms with van der Waals surface area (Å²) in [6.07, 6.45) is 4.45. The Kier molecular flexibility index (Phi) is 4.36. The lowest BCUT2D eigenvalue weighted by Crippen LogP contribution is -2.31. The number of rotatable bonds is 4. The van der Waals surface area contributed by atoms with Gasteiger partial charge in [0.05, 0.1) is 23.2 Å². The van der Waals surface area contributed by atoms with E-state index in [-0.39, 0.29) is 18.0 Å². The molecule has 158 valence electrons. The van der Waals surface area contributed by atoms with Gasteiger partial charge in [-0.3, -0.25) is 4.68 Å². The van der Waals surface area contributed by atoms with Gasteiger partial charge in [0.25, 0.3) is 0 Å². The number of benzene rings is 2. The molecular weight excluding hydrogens is 407 g/mol. The van der Waals surface area contributed by atoms with E-state index in [4.69, 9.17) is 9.52 Å². The summed E-state index contributed by atoms with van der Waals surface area (Å²) >= 11 is 0. The Bertz CT molecular complexity index is 1400. The van der Waals surface area contributed by atoms with E-state index in [1.165, 1.54) is 18.5 Å². The fourth-order valence-electron chi connectivity index (χ4n) is 4.16. The summed E-state index contributed by atoms with van der Waals surface area (Å²) in [5.41, 5.74) is 4.45. The van der Waals surface area contributed by atoms with Crippen LogP contribution < -0.4 is 0 Å². The van der Waals surface area contributed by atoms with Gasteiger partial charge >= 0.3 is 0 Å². The topological polar surface area (TPSA) is 77.0 Å².